The van der Waals surface area contributed by atoms with Crippen LogP contribution in [0.4, 0.5) is 20.2 Å². The Morgan fingerprint density at radius 2 is 1.68 bits per heavy atom. The summed E-state index contributed by atoms with van der Waals surface area (Å²) >= 11 is 6.12. The summed E-state index contributed by atoms with van der Waals surface area (Å²) in [7, 11) is -2.71. The van der Waals surface area contributed by atoms with Gasteiger partial charge >= 0.3 is 6.61 Å². The number of carbonyl (C=O) groups excluding carboxylic acids is 1. The van der Waals surface area contributed by atoms with E-state index < -0.39 is 22.5 Å². The molecule has 3 aromatic carbocycles. The molecule has 3 rings (SSSR count). The van der Waals surface area contributed by atoms with E-state index in [1.807, 2.05) is 0 Å². The molecule has 0 atom stereocenters. The molecule has 0 radical (unpaired) electrons. The van der Waals surface area contributed by atoms with Crippen molar-refractivity contribution in [3.05, 3.63) is 83.4 Å². The van der Waals surface area contributed by atoms with Gasteiger partial charge < -0.3 is 10.1 Å². The van der Waals surface area contributed by atoms with Crippen molar-refractivity contribution in [2.45, 2.75) is 11.5 Å². The van der Waals surface area contributed by atoms with Gasteiger partial charge in [0.25, 0.3) is 15.9 Å². The van der Waals surface area contributed by atoms with E-state index in [1.165, 1.54) is 43.4 Å². The highest BCUT2D eigenvalue weighted by Crippen LogP contribution is 2.30. The first-order chi connectivity index (χ1) is 14.7. The van der Waals surface area contributed by atoms with Gasteiger partial charge in [-0.25, -0.2) is 8.42 Å². The van der Waals surface area contributed by atoms with E-state index in [0.717, 1.165) is 10.4 Å². The van der Waals surface area contributed by atoms with Gasteiger partial charge in [0.05, 0.1) is 16.4 Å². The lowest BCUT2D eigenvalue weighted by molar-refractivity contribution is -0.0493. The minimum Gasteiger partial charge on any atom is -0.433 e. The standard InChI is InChI=1S/C21H17ClF2N2O4S/c1-26(15-7-3-2-4-8-15)31(28,29)19-13-14(11-12-16(19)22)20(27)25-17-9-5-6-10-18(17)30-21(23)24/h2-13,21H,1H3,(H,25,27). The summed E-state index contributed by atoms with van der Waals surface area (Å²) in [6.07, 6.45) is 0. The van der Waals surface area contributed by atoms with Crippen molar-refractivity contribution in [3.8, 4) is 5.75 Å². The van der Waals surface area contributed by atoms with Crippen molar-refractivity contribution in [2.24, 2.45) is 0 Å². The zero-order valence-corrected chi connectivity index (χ0v) is 17.7. The second-order valence-corrected chi connectivity index (χ2v) is 8.63. The number of ether oxygens (including phenoxy) is 1. The maximum absolute atomic E-state index is 13.1. The summed E-state index contributed by atoms with van der Waals surface area (Å²) in [6.45, 7) is -3.07. The van der Waals surface area contributed by atoms with Crippen LogP contribution in [0.1, 0.15) is 10.4 Å². The smallest absolute Gasteiger partial charge is 0.387 e. The van der Waals surface area contributed by atoms with E-state index in [1.54, 1.807) is 30.3 Å². The van der Waals surface area contributed by atoms with Crippen LogP contribution in [-0.2, 0) is 10.0 Å². The molecular formula is C21H17ClF2N2O4S. The molecule has 0 saturated heterocycles. The van der Waals surface area contributed by atoms with E-state index >= 15 is 0 Å². The van der Waals surface area contributed by atoms with Gasteiger partial charge in [0.15, 0.2) is 0 Å². The highest BCUT2D eigenvalue weighted by Gasteiger charge is 2.25. The number of benzene rings is 3. The number of nitrogens with zero attached hydrogens (tertiary/aromatic N) is 1. The van der Waals surface area contributed by atoms with Crippen molar-refractivity contribution < 1.29 is 26.7 Å². The first kappa shape index (κ1) is 22.5. The molecule has 0 fully saturated rings. The van der Waals surface area contributed by atoms with Crippen LogP contribution in [0.5, 0.6) is 5.75 Å². The average molecular weight is 467 g/mol. The molecule has 0 heterocycles. The number of carbonyl (C=O) groups is 1. The number of alkyl halides is 2. The molecule has 10 heteroatoms. The summed E-state index contributed by atoms with van der Waals surface area (Å²) in [6, 6.07) is 17.7. The maximum atomic E-state index is 13.1. The van der Waals surface area contributed by atoms with E-state index in [9.17, 15) is 22.0 Å². The number of nitrogens with one attached hydrogen (secondary N) is 1. The lowest BCUT2D eigenvalue weighted by Crippen LogP contribution is -2.27. The van der Waals surface area contributed by atoms with Gasteiger partial charge in [-0.05, 0) is 42.5 Å². The van der Waals surface area contributed by atoms with Crippen LogP contribution in [0.2, 0.25) is 5.02 Å². The molecule has 0 bridgehead atoms. The molecule has 0 unspecified atom stereocenters. The van der Waals surface area contributed by atoms with Crippen LogP contribution in [-0.4, -0.2) is 28.0 Å². The fourth-order valence-corrected chi connectivity index (χ4v) is 4.42. The third-order valence-corrected chi connectivity index (χ3v) is 6.57. The van der Waals surface area contributed by atoms with E-state index in [4.69, 9.17) is 11.6 Å². The Morgan fingerprint density at radius 1 is 1.03 bits per heavy atom. The first-order valence-corrected chi connectivity index (χ1v) is 10.7. The van der Waals surface area contributed by atoms with Crippen LogP contribution in [0.3, 0.4) is 0 Å². The molecule has 162 valence electrons. The quantitative estimate of drug-likeness (QED) is 0.530. The van der Waals surface area contributed by atoms with Crippen molar-refractivity contribution in [1.82, 2.24) is 0 Å². The Bertz CT molecular complexity index is 1190. The summed E-state index contributed by atoms with van der Waals surface area (Å²) in [5.74, 6) is -0.947. The molecule has 1 amide bonds. The van der Waals surface area contributed by atoms with Gasteiger partial charge in [0.1, 0.15) is 10.6 Å². The van der Waals surface area contributed by atoms with Crippen LogP contribution < -0.4 is 14.4 Å². The van der Waals surface area contributed by atoms with Gasteiger partial charge in [0, 0.05) is 12.6 Å². The number of sulfonamides is 1. The summed E-state index contributed by atoms with van der Waals surface area (Å²) in [4.78, 5) is 12.4. The summed E-state index contributed by atoms with van der Waals surface area (Å²) < 4.78 is 56.7. The van der Waals surface area contributed by atoms with Gasteiger partial charge in [-0.1, -0.05) is 41.9 Å². The molecule has 0 aromatic heterocycles. The Hall–Kier alpha value is -3.17. The minimum atomic E-state index is -4.08. The van der Waals surface area contributed by atoms with Gasteiger partial charge in [0.2, 0.25) is 0 Å². The largest absolute Gasteiger partial charge is 0.433 e. The van der Waals surface area contributed by atoms with Crippen LogP contribution in [0.15, 0.2) is 77.7 Å². The molecule has 0 aliphatic carbocycles. The van der Waals surface area contributed by atoms with E-state index in [-0.39, 0.29) is 26.9 Å². The molecule has 3 aromatic rings. The Kier molecular flexibility index (Phi) is 6.77. The second kappa shape index (κ2) is 9.32. The Morgan fingerprint density at radius 3 is 2.35 bits per heavy atom. The Labute approximate surface area is 183 Å². The van der Waals surface area contributed by atoms with Crippen LogP contribution >= 0.6 is 11.6 Å². The van der Waals surface area contributed by atoms with Gasteiger partial charge in [-0.3, -0.25) is 9.10 Å². The average Bonchev–Trinajstić information content (AvgIpc) is 2.75. The highest BCUT2D eigenvalue weighted by molar-refractivity contribution is 7.93. The highest BCUT2D eigenvalue weighted by atomic mass is 35.5. The number of halogens is 3. The fourth-order valence-electron chi connectivity index (χ4n) is 2.73. The third-order valence-electron chi connectivity index (χ3n) is 4.30. The van der Waals surface area contributed by atoms with Crippen molar-refractivity contribution in [3.63, 3.8) is 0 Å². The van der Waals surface area contributed by atoms with Crippen LogP contribution in [0, 0.1) is 0 Å². The number of rotatable bonds is 7. The number of amides is 1. The predicted molar refractivity (Wildman–Crippen MR) is 115 cm³/mol. The van der Waals surface area contributed by atoms with Crippen molar-refractivity contribution in [1.29, 1.82) is 0 Å². The molecule has 0 aliphatic heterocycles. The molecule has 0 spiro atoms. The molecule has 0 aliphatic rings. The minimum absolute atomic E-state index is 0.00793. The third kappa shape index (κ3) is 5.12. The second-order valence-electron chi connectivity index (χ2n) is 6.28. The summed E-state index contributed by atoms with van der Waals surface area (Å²) in [5.41, 5.74) is 0.386. The Balaban J connectivity index is 1.92. The molecular weight excluding hydrogens is 450 g/mol. The van der Waals surface area contributed by atoms with Crippen molar-refractivity contribution in [2.75, 3.05) is 16.7 Å². The molecule has 6 nitrogen and oxygen atoms in total. The molecule has 0 saturated carbocycles. The zero-order chi connectivity index (χ0) is 22.6. The number of hydrogen-bond acceptors (Lipinski definition) is 4. The lowest BCUT2D eigenvalue weighted by atomic mass is 10.2. The van der Waals surface area contributed by atoms with E-state index in [0.29, 0.717) is 5.69 Å². The van der Waals surface area contributed by atoms with E-state index in [2.05, 4.69) is 10.1 Å². The molecule has 31 heavy (non-hydrogen) atoms. The summed E-state index contributed by atoms with van der Waals surface area (Å²) in [5, 5.41) is 2.37. The molecule has 1 N–H and O–H groups in total. The SMILES string of the molecule is CN(c1ccccc1)S(=O)(=O)c1cc(C(=O)Nc2ccccc2OC(F)F)ccc1Cl. The van der Waals surface area contributed by atoms with Crippen LogP contribution in [0.25, 0.3) is 0 Å². The lowest BCUT2D eigenvalue weighted by Gasteiger charge is -2.20. The topological polar surface area (TPSA) is 75.7 Å². The zero-order valence-electron chi connectivity index (χ0n) is 16.1. The first-order valence-electron chi connectivity index (χ1n) is 8.89. The maximum Gasteiger partial charge on any atom is 0.387 e. The number of para-hydroxylation sites is 3. The number of anilines is 2. The van der Waals surface area contributed by atoms with Gasteiger partial charge in [-0.2, -0.15) is 8.78 Å². The predicted octanol–water partition coefficient (Wildman–Crippen LogP) is 5.02. The fraction of sp³-hybridized carbons (Fsp3) is 0.0952. The number of hydrogen-bond donors (Lipinski definition) is 1. The monoisotopic (exact) mass is 466 g/mol. The van der Waals surface area contributed by atoms with Gasteiger partial charge in [-0.15, -0.1) is 0 Å². The van der Waals surface area contributed by atoms with Crippen molar-refractivity contribution >= 4 is 38.9 Å². The normalized spacial score (nSPS) is 11.3.